The molecule has 2 N–H and O–H groups in total. The fourth-order valence-corrected chi connectivity index (χ4v) is 2.16. The SMILES string of the molecule is COC1CCN(C(=O)N[C@@H](C(=O)O)C(C)(C)C)CC1. The van der Waals surface area contributed by atoms with Gasteiger partial charge in [-0.2, -0.15) is 0 Å². The Kier molecular flexibility index (Phi) is 5.17. The van der Waals surface area contributed by atoms with Gasteiger partial charge in [-0.25, -0.2) is 9.59 Å². The number of hydrogen-bond acceptors (Lipinski definition) is 3. The fourth-order valence-electron chi connectivity index (χ4n) is 2.16. The highest BCUT2D eigenvalue weighted by atomic mass is 16.5. The Labute approximate surface area is 114 Å². The summed E-state index contributed by atoms with van der Waals surface area (Å²) < 4.78 is 5.24. The molecule has 0 aromatic rings. The van der Waals surface area contributed by atoms with Crippen molar-refractivity contribution in [2.24, 2.45) is 5.41 Å². The molecular weight excluding hydrogens is 248 g/mol. The van der Waals surface area contributed by atoms with Gasteiger partial charge in [0.1, 0.15) is 6.04 Å². The molecule has 19 heavy (non-hydrogen) atoms. The van der Waals surface area contributed by atoms with E-state index in [4.69, 9.17) is 4.74 Å². The largest absolute Gasteiger partial charge is 0.480 e. The van der Waals surface area contributed by atoms with Crippen molar-refractivity contribution in [1.29, 1.82) is 0 Å². The van der Waals surface area contributed by atoms with Crippen molar-refractivity contribution >= 4 is 12.0 Å². The van der Waals surface area contributed by atoms with Crippen LogP contribution in [0.25, 0.3) is 0 Å². The molecule has 1 heterocycles. The zero-order valence-corrected chi connectivity index (χ0v) is 12.1. The first kappa shape index (κ1) is 15.8. The van der Waals surface area contributed by atoms with Gasteiger partial charge in [0.15, 0.2) is 0 Å². The van der Waals surface area contributed by atoms with Crippen LogP contribution in [0, 0.1) is 5.41 Å². The number of rotatable bonds is 3. The van der Waals surface area contributed by atoms with E-state index >= 15 is 0 Å². The molecule has 6 heteroatoms. The Hall–Kier alpha value is -1.30. The number of ether oxygens (including phenoxy) is 1. The molecule has 110 valence electrons. The van der Waals surface area contributed by atoms with E-state index in [9.17, 15) is 14.7 Å². The van der Waals surface area contributed by atoms with Crippen molar-refractivity contribution in [2.75, 3.05) is 20.2 Å². The summed E-state index contributed by atoms with van der Waals surface area (Å²) in [4.78, 5) is 24.9. The lowest BCUT2D eigenvalue weighted by molar-refractivity contribution is -0.142. The Morgan fingerprint density at radius 3 is 2.21 bits per heavy atom. The molecule has 1 atom stereocenters. The van der Waals surface area contributed by atoms with Crippen LogP contribution in [-0.4, -0.2) is 54.4 Å². The predicted molar refractivity (Wildman–Crippen MR) is 71.0 cm³/mol. The zero-order valence-electron chi connectivity index (χ0n) is 12.1. The number of carboxylic acids is 1. The maximum Gasteiger partial charge on any atom is 0.326 e. The van der Waals surface area contributed by atoms with Crippen molar-refractivity contribution < 1.29 is 19.4 Å². The molecule has 2 amide bonds. The third-order valence-electron chi connectivity index (χ3n) is 3.44. The maximum absolute atomic E-state index is 12.1. The topological polar surface area (TPSA) is 78.9 Å². The number of aliphatic carboxylic acids is 1. The molecule has 6 nitrogen and oxygen atoms in total. The van der Waals surface area contributed by atoms with E-state index in [2.05, 4.69) is 5.32 Å². The molecule has 0 aromatic heterocycles. The van der Waals surface area contributed by atoms with Crippen LogP contribution in [0.4, 0.5) is 4.79 Å². The molecule has 0 spiro atoms. The van der Waals surface area contributed by atoms with Crippen molar-refractivity contribution in [1.82, 2.24) is 10.2 Å². The van der Waals surface area contributed by atoms with Crippen LogP contribution in [0.15, 0.2) is 0 Å². The number of urea groups is 1. The summed E-state index contributed by atoms with van der Waals surface area (Å²) in [6.45, 7) is 6.58. The van der Waals surface area contributed by atoms with E-state index in [1.807, 2.05) is 0 Å². The van der Waals surface area contributed by atoms with Crippen LogP contribution in [0.2, 0.25) is 0 Å². The molecular formula is C13H24N2O4. The second kappa shape index (κ2) is 6.23. The quantitative estimate of drug-likeness (QED) is 0.812. The van der Waals surface area contributed by atoms with E-state index in [0.29, 0.717) is 13.1 Å². The Morgan fingerprint density at radius 1 is 1.32 bits per heavy atom. The Balaban J connectivity index is 2.57. The highest BCUT2D eigenvalue weighted by molar-refractivity contribution is 5.83. The minimum absolute atomic E-state index is 0.196. The maximum atomic E-state index is 12.1. The van der Waals surface area contributed by atoms with Gasteiger partial charge >= 0.3 is 12.0 Å². The third-order valence-corrected chi connectivity index (χ3v) is 3.44. The number of carbonyl (C=O) groups is 2. The molecule has 1 fully saturated rings. The molecule has 1 rings (SSSR count). The monoisotopic (exact) mass is 272 g/mol. The van der Waals surface area contributed by atoms with E-state index in [1.165, 1.54) is 0 Å². The molecule has 0 radical (unpaired) electrons. The highest BCUT2D eigenvalue weighted by Gasteiger charge is 2.34. The third kappa shape index (κ3) is 4.38. The van der Waals surface area contributed by atoms with E-state index < -0.39 is 17.4 Å². The molecule has 0 unspecified atom stereocenters. The normalized spacial score (nSPS) is 19.1. The van der Waals surface area contributed by atoms with Crippen LogP contribution in [0.5, 0.6) is 0 Å². The van der Waals surface area contributed by atoms with Gasteiger partial charge in [0, 0.05) is 20.2 Å². The summed E-state index contributed by atoms with van der Waals surface area (Å²) in [5.41, 5.74) is -0.521. The van der Waals surface area contributed by atoms with Crippen LogP contribution in [0.3, 0.4) is 0 Å². The first-order chi connectivity index (χ1) is 8.75. The number of methoxy groups -OCH3 is 1. The molecule has 1 aliphatic rings. The number of amides is 2. The van der Waals surface area contributed by atoms with Gasteiger partial charge in [0.2, 0.25) is 0 Å². The standard InChI is InChI=1S/C13H24N2O4/c1-13(2,3)10(11(16)17)14-12(18)15-7-5-9(19-4)6-8-15/h9-10H,5-8H2,1-4H3,(H,14,18)(H,16,17)/t10-/m0/s1. The van der Waals surface area contributed by atoms with E-state index in [0.717, 1.165) is 12.8 Å². The van der Waals surface area contributed by atoms with Gasteiger partial charge in [-0.05, 0) is 18.3 Å². The first-order valence-electron chi connectivity index (χ1n) is 6.56. The predicted octanol–water partition coefficient (Wildman–Crippen LogP) is 1.31. The average molecular weight is 272 g/mol. The van der Waals surface area contributed by atoms with Crippen LogP contribution in [0.1, 0.15) is 33.6 Å². The van der Waals surface area contributed by atoms with Gasteiger partial charge < -0.3 is 20.1 Å². The van der Waals surface area contributed by atoms with Gasteiger partial charge in [-0.1, -0.05) is 20.8 Å². The van der Waals surface area contributed by atoms with Crippen molar-refractivity contribution in [2.45, 2.75) is 45.8 Å². The second-order valence-electron chi connectivity index (χ2n) is 6.01. The smallest absolute Gasteiger partial charge is 0.326 e. The summed E-state index contributed by atoms with van der Waals surface area (Å²) in [5.74, 6) is -1.01. The summed E-state index contributed by atoms with van der Waals surface area (Å²) in [6, 6.07) is -1.20. The highest BCUT2D eigenvalue weighted by Crippen LogP contribution is 2.20. The van der Waals surface area contributed by atoms with Crippen molar-refractivity contribution in [3.63, 3.8) is 0 Å². The fraction of sp³-hybridized carbons (Fsp3) is 0.846. The van der Waals surface area contributed by atoms with Gasteiger partial charge in [-0.15, -0.1) is 0 Å². The lowest BCUT2D eigenvalue weighted by Gasteiger charge is -2.34. The molecule has 0 aromatic carbocycles. The van der Waals surface area contributed by atoms with Crippen LogP contribution >= 0.6 is 0 Å². The number of likely N-dealkylation sites (tertiary alicyclic amines) is 1. The van der Waals surface area contributed by atoms with Gasteiger partial charge in [0.25, 0.3) is 0 Å². The first-order valence-corrected chi connectivity index (χ1v) is 6.56. The second-order valence-corrected chi connectivity index (χ2v) is 6.01. The number of nitrogens with zero attached hydrogens (tertiary/aromatic N) is 1. The van der Waals surface area contributed by atoms with Crippen LogP contribution < -0.4 is 5.32 Å². The summed E-state index contributed by atoms with van der Waals surface area (Å²) >= 11 is 0. The van der Waals surface area contributed by atoms with Gasteiger partial charge in [0.05, 0.1) is 6.10 Å². The summed E-state index contributed by atoms with van der Waals surface area (Å²) in [5, 5.41) is 11.8. The molecule has 0 aliphatic carbocycles. The average Bonchev–Trinajstić information content (AvgIpc) is 2.34. The number of piperidine rings is 1. The minimum Gasteiger partial charge on any atom is -0.480 e. The number of nitrogens with one attached hydrogen (secondary N) is 1. The number of carbonyl (C=O) groups excluding carboxylic acids is 1. The Morgan fingerprint density at radius 2 is 1.84 bits per heavy atom. The minimum atomic E-state index is -1.01. The van der Waals surface area contributed by atoms with Crippen molar-refractivity contribution in [3.8, 4) is 0 Å². The lowest BCUT2D eigenvalue weighted by atomic mass is 9.87. The molecule has 0 saturated carbocycles. The number of hydrogen-bond donors (Lipinski definition) is 2. The van der Waals surface area contributed by atoms with Crippen molar-refractivity contribution in [3.05, 3.63) is 0 Å². The molecule has 0 bridgehead atoms. The Bertz CT molecular complexity index is 330. The zero-order chi connectivity index (χ0) is 14.6. The summed E-state index contributed by atoms with van der Waals surface area (Å²) in [6.07, 6.45) is 1.77. The number of carboxylic acid groups (broad SMARTS) is 1. The van der Waals surface area contributed by atoms with E-state index in [1.54, 1.807) is 32.8 Å². The molecule has 1 aliphatic heterocycles. The lowest BCUT2D eigenvalue weighted by Crippen LogP contribution is -2.54. The van der Waals surface area contributed by atoms with E-state index in [-0.39, 0.29) is 12.1 Å². The van der Waals surface area contributed by atoms with Crippen LogP contribution in [-0.2, 0) is 9.53 Å². The molecule has 1 saturated heterocycles. The van der Waals surface area contributed by atoms with Gasteiger partial charge in [-0.3, -0.25) is 0 Å². The summed E-state index contributed by atoms with van der Waals surface area (Å²) in [7, 11) is 1.67.